The summed E-state index contributed by atoms with van der Waals surface area (Å²) in [4.78, 5) is 4.08. The van der Waals surface area contributed by atoms with Gasteiger partial charge in [-0.2, -0.15) is 0 Å². The maximum atomic E-state index is 7.49. The fourth-order valence-corrected chi connectivity index (χ4v) is 1.41. The Hall–Kier alpha value is -1.62. The Bertz CT molecular complexity index is 380. The van der Waals surface area contributed by atoms with Gasteiger partial charge in [-0.15, -0.1) is 0 Å². The maximum absolute atomic E-state index is 7.49. The van der Waals surface area contributed by atoms with Gasteiger partial charge in [0.05, 0.1) is 12.2 Å². The summed E-state index contributed by atoms with van der Waals surface area (Å²) in [6.07, 6.45) is 2.63. The van der Waals surface area contributed by atoms with Gasteiger partial charge in [0.1, 0.15) is 12.4 Å². The number of aryl methyl sites for hydroxylation is 1. The fraction of sp³-hybridized carbons (Fsp3) is 0.500. The molecule has 5 heteroatoms. The summed E-state index contributed by atoms with van der Waals surface area (Å²) in [5.41, 5.74) is 6.94. The molecular weight excluding hydrogens is 218 g/mol. The summed E-state index contributed by atoms with van der Waals surface area (Å²) in [6, 6.07) is 1.80. The summed E-state index contributed by atoms with van der Waals surface area (Å²) in [5.74, 6) is 0.373. The lowest BCUT2D eigenvalue weighted by Gasteiger charge is -2.11. The molecular formula is C12H19N3O2. The van der Waals surface area contributed by atoms with Crippen molar-refractivity contribution in [3.63, 3.8) is 0 Å². The van der Waals surface area contributed by atoms with Crippen LogP contribution in [0.3, 0.4) is 0 Å². The predicted molar refractivity (Wildman–Crippen MR) is 66.6 cm³/mol. The SMILES string of the molecule is CCCOCCOc1nccc(C)c1C(=N)N. The second-order valence-corrected chi connectivity index (χ2v) is 3.68. The first-order valence-electron chi connectivity index (χ1n) is 5.67. The fourth-order valence-electron chi connectivity index (χ4n) is 1.41. The molecule has 1 aromatic heterocycles. The average Bonchev–Trinajstić information content (AvgIpc) is 2.28. The number of nitrogens with two attached hydrogens (primary N) is 1. The van der Waals surface area contributed by atoms with Crippen LogP contribution in [0.25, 0.3) is 0 Å². The molecule has 0 aliphatic rings. The minimum atomic E-state index is -0.0277. The average molecular weight is 237 g/mol. The lowest BCUT2D eigenvalue weighted by atomic mass is 10.1. The second-order valence-electron chi connectivity index (χ2n) is 3.68. The van der Waals surface area contributed by atoms with Gasteiger partial charge >= 0.3 is 0 Å². The number of hydrogen-bond donors (Lipinski definition) is 2. The van der Waals surface area contributed by atoms with Crippen molar-refractivity contribution in [1.29, 1.82) is 5.41 Å². The van der Waals surface area contributed by atoms with Crippen molar-refractivity contribution in [3.05, 3.63) is 23.4 Å². The van der Waals surface area contributed by atoms with E-state index >= 15 is 0 Å². The second kappa shape index (κ2) is 6.85. The van der Waals surface area contributed by atoms with Crippen molar-refractivity contribution in [2.75, 3.05) is 19.8 Å². The molecule has 0 spiro atoms. The zero-order valence-corrected chi connectivity index (χ0v) is 10.3. The Kier molecular flexibility index (Phi) is 5.42. The largest absolute Gasteiger partial charge is 0.475 e. The third kappa shape index (κ3) is 4.03. The number of ether oxygens (including phenoxy) is 2. The zero-order valence-electron chi connectivity index (χ0n) is 10.3. The summed E-state index contributed by atoms with van der Waals surface area (Å²) in [7, 11) is 0. The zero-order chi connectivity index (χ0) is 12.7. The van der Waals surface area contributed by atoms with E-state index in [4.69, 9.17) is 20.6 Å². The molecule has 0 saturated carbocycles. The quantitative estimate of drug-likeness (QED) is 0.427. The van der Waals surface area contributed by atoms with E-state index in [1.54, 1.807) is 12.3 Å². The molecule has 0 saturated heterocycles. The number of pyridine rings is 1. The monoisotopic (exact) mass is 237 g/mol. The molecule has 0 aliphatic heterocycles. The Morgan fingerprint density at radius 2 is 2.18 bits per heavy atom. The van der Waals surface area contributed by atoms with Crippen LogP contribution in [-0.4, -0.2) is 30.6 Å². The van der Waals surface area contributed by atoms with E-state index in [1.165, 1.54) is 0 Å². The summed E-state index contributed by atoms with van der Waals surface area (Å²) in [6.45, 7) is 5.58. The Balaban J connectivity index is 2.58. The van der Waals surface area contributed by atoms with Crippen molar-refractivity contribution in [2.24, 2.45) is 5.73 Å². The van der Waals surface area contributed by atoms with Crippen LogP contribution in [-0.2, 0) is 4.74 Å². The lowest BCUT2D eigenvalue weighted by molar-refractivity contribution is 0.0989. The van der Waals surface area contributed by atoms with Crippen molar-refractivity contribution in [2.45, 2.75) is 20.3 Å². The highest BCUT2D eigenvalue weighted by Crippen LogP contribution is 2.17. The van der Waals surface area contributed by atoms with E-state index < -0.39 is 0 Å². The third-order valence-electron chi connectivity index (χ3n) is 2.21. The highest BCUT2D eigenvalue weighted by atomic mass is 16.5. The van der Waals surface area contributed by atoms with Gasteiger partial charge in [-0.25, -0.2) is 4.98 Å². The Labute approximate surface area is 101 Å². The molecule has 0 radical (unpaired) electrons. The third-order valence-corrected chi connectivity index (χ3v) is 2.21. The smallest absolute Gasteiger partial charge is 0.224 e. The normalized spacial score (nSPS) is 10.2. The van der Waals surface area contributed by atoms with Crippen LogP contribution in [0.5, 0.6) is 5.88 Å². The molecule has 0 unspecified atom stereocenters. The molecule has 1 rings (SSSR count). The van der Waals surface area contributed by atoms with Crippen LogP contribution in [0.4, 0.5) is 0 Å². The van der Waals surface area contributed by atoms with E-state index in [0.717, 1.165) is 18.6 Å². The van der Waals surface area contributed by atoms with Crippen LogP contribution < -0.4 is 10.5 Å². The van der Waals surface area contributed by atoms with Gasteiger partial charge in [-0.05, 0) is 25.0 Å². The van der Waals surface area contributed by atoms with Crippen LogP contribution in [0.1, 0.15) is 24.5 Å². The van der Waals surface area contributed by atoms with Gasteiger partial charge < -0.3 is 15.2 Å². The number of nitrogens with zero attached hydrogens (tertiary/aromatic N) is 1. The molecule has 3 N–H and O–H groups in total. The molecule has 5 nitrogen and oxygen atoms in total. The molecule has 1 aromatic rings. The molecule has 0 fully saturated rings. The minimum absolute atomic E-state index is 0.0277. The maximum Gasteiger partial charge on any atom is 0.224 e. The van der Waals surface area contributed by atoms with E-state index in [1.807, 2.05) is 6.92 Å². The lowest BCUT2D eigenvalue weighted by Crippen LogP contribution is -2.17. The first kappa shape index (κ1) is 13.4. The first-order chi connectivity index (χ1) is 8.16. The van der Waals surface area contributed by atoms with Gasteiger partial charge in [0.15, 0.2) is 0 Å². The molecule has 0 amide bonds. The van der Waals surface area contributed by atoms with Crippen LogP contribution in [0.2, 0.25) is 0 Å². The molecule has 0 aliphatic carbocycles. The number of hydrogen-bond acceptors (Lipinski definition) is 4. The number of nitrogens with one attached hydrogen (secondary N) is 1. The molecule has 1 heterocycles. The highest BCUT2D eigenvalue weighted by Gasteiger charge is 2.10. The van der Waals surface area contributed by atoms with Crippen molar-refractivity contribution < 1.29 is 9.47 Å². The van der Waals surface area contributed by atoms with Crippen LogP contribution in [0.15, 0.2) is 12.3 Å². The topological polar surface area (TPSA) is 81.2 Å². The minimum Gasteiger partial charge on any atom is -0.475 e. The molecule has 17 heavy (non-hydrogen) atoms. The first-order valence-corrected chi connectivity index (χ1v) is 5.67. The van der Waals surface area contributed by atoms with E-state index in [9.17, 15) is 0 Å². The standard InChI is InChI=1S/C12H19N3O2/c1-3-6-16-7-8-17-12-10(11(13)14)9(2)4-5-15-12/h4-5H,3,6-8H2,1-2H3,(H3,13,14). The summed E-state index contributed by atoms with van der Waals surface area (Å²) in [5, 5.41) is 7.49. The molecule has 94 valence electrons. The van der Waals surface area contributed by atoms with E-state index in [0.29, 0.717) is 24.7 Å². The Morgan fingerprint density at radius 1 is 1.41 bits per heavy atom. The number of nitrogen functional groups attached to an aromatic ring is 1. The van der Waals surface area contributed by atoms with Gasteiger partial charge in [0.2, 0.25) is 5.88 Å². The highest BCUT2D eigenvalue weighted by molar-refractivity contribution is 5.98. The number of amidine groups is 1. The molecule has 0 bridgehead atoms. The van der Waals surface area contributed by atoms with Gasteiger partial charge in [0, 0.05) is 12.8 Å². The van der Waals surface area contributed by atoms with E-state index in [-0.39, 0.29) is 5.84 Å². The van der Waals surface area contributed by atoms with Crippen molar-refractivity contribution in [1.82, 2.24) is 4.98 Å². The van der Waals surface area contributed by atoms with Gasteiger partial charge in [-0.3, -0.25) is 5.41 Å². The Morgan fingerprint density at radius 3 is 2.82 bits per heavy atom. The van der Waals surface area contributed by atoms with Crippen LogP contribution in [0, 0.1) is 12.3 Å². The predicted octanol–water partition coefficient (Wildman–Crippen LogP) is 1.48. The molecule has 0 atom stereocenters. The van der Waals surface area contributed by atoms with Crippen molar-refractivity contribution in [3.8, 4) is 5.88 Å². The summed E-state index contributed by atoms with van der Waals surface area (Å²) >= 11 is 0. The number of aromatic nitrogens is 1. The summed E-state index contributed by atoms with van der Waals surface area (Å²) < 4.78 is 10.8. The number of rotatable bonds is 7. The van der Waals surface area contributed by atoms with Crippen LogP contribution >= 0.6 is 0 Å². The van der Waals surface area contributed by atoms with E-state index in [2.05, 4.69) is 11.9 Å². The van der Waals surface area contributed by atoms with Gasteiger partial charge in [0.25, 0.3) is 0 Å². The van der Waals surface area contributed by atoms with Crippen molar-refractivity contribution >= 4 is 5.84 Å². The van der Waals surface area contributed by atoms with Gasteiger partial charge in [-0.1, -0.05) is 6.92 Å². The molecule has 0 aromatic carbocycles.